The highest BCUT2D eigenvalue weighted by molar-refractivity contribution is 5.83. The molecule has 38 heavy (non-hydrogen) atoms. The highest BCUT2D eigenvalue weighted by atomic mass is 15.0. The van der Waals surface area contributed by atoms with Crippen molar-refractivity contribution >= 4 is 0 Å². The van der Waals surface area contributed by atoms with Crippen LogP contribution in [-0.2, 0) is 5.41 Å². The van der Waals surface area contributed by atoms with Crippen molar-refractivity contribution in [3.8, 4) is 45.3 Å². The summed E-state index contributed by atoms with van der Waals surface area (Å²) in [7, 11) is 0. The Morgan fingerprint density at radius 1 is 0.553 bits per heavy atom. The first-order valence-corrected chi connectivity index (χ1v) is 13.1. The Labute approximate surface area is 230 Å². The predicted molar refractivity (Wildman–Crippen MR) is 155 cm³/mol. The average molecular weight is 498 g/mol. The lowest BCUT2D eigenvalue weighted by molar-refractivity contribution is 0.188. The number of hydrogen-bond donors (Lipinski definition) is 0. The molecule has 0 amide bonds. The van der Waals surface area contributed by atoms with Crippen LogP contribution < -0.4 is 0 Å². The van der Waals surface area contributed by atoms with Gasteiger partial charge >= 0.3 is 0 Å². The predicted octanol–water partition coefficient (Wildman–Crippen LogP) is 8.74. The molecule has 7 rings (SSSR count). The van der Waals surface area contributed by atoms with Gasteiger partial charge in [0.2, 0.25) is 0 Å². The van der Waals surface area contributed by atoms with Crippen molar-refractivity contribution in [1.82, 2.24) is 15.0 Å². The number of rotatable bonds is 3. The first-order valence-electron chi connectivity index (χ1n) is 15.1. The molecule has 3 heteroatoms. The number of hydrogen-bond acceptors (Lipinski definition) is 3. The monoisotopic (exact) mass is 497 g/mol. The minimum atomic E-state index is -1.85. The zero-order valence-electron chi connectivity index (χ0n) is 25.6. The fourth-order valence-corrected chi connectivity index (χ4v) is 5.61. The summed E-state index contributed by atoms with van der Waals surface area (Å²) in [6.07, 6.45) is -3.19. The van der Waals surface area contributed by atoms with Gasteiger partial charge < -0.3 is 0 Å². The molecule has 0 N–H and O–H groups in total. The standard InChI is InChI=1S/C35H31N3/c1-34(2)19-21-35(22-20-34)29-16-10-9-15-27(29)28-18-17-26(23-30(28)35)33-37-31(24-11-5-3-6-12-24)36-32(38-33)25-13-7-4-8-14-25/h3-18,23H,19-22H2,1-2H3/i21D2,22D2. The minimum Gasteiger partial charge on any atom is -0.208 e. The molecule has 2 aliphatic rings. The molecular formula is C35H31N3. The van der Waals surface area contributed by atoms with E-state index in [2.05, 4.69) is 0 Å². The largest absolute Gasteiger partial charge is 0.208 e. The quantitative estimate of drug-likeness (QED) is 0.250. The maximum absolute atomic E-state index is 9.50. The van der Waals surface area contributed by atoms with Crippen LogP contribution in [0.2, 0.25) is 0 Å². The number of nitrogens with zero attached hydrogens (tertiary/aromatic N) is 3. The van der Waals surface area contributed by atoms with Crippen molar-refractivity contribution < 1.29 is 5.48 Å². The van der Waals surface area contributed by atoms with Crippen molar-refractivity contribution in [2.75, 3.05) is 0 Å². The van der Waals surface area contributed by atoms with Gasteiger partial charge in [0, 0.05) is 27.6 Å². The second-order valence-electron chi connectivity index (χ2n) is 11.0. The summed E-state index contributed by atoms with van der Waals surface area (Å²) in [4.78, 5) is 14.6. The Bertz CT molecular complexity index is 1740. The molecule has 4 aromatic carbocycles. The second-order valence-corrected chi connectivity index (χ2v) is 11.0. The molecule has 1 aromatic heterocycles. The molecule has 0 unspecified atom stereocenters. The van der Waals surface area contributed by atoms with E-state index in [1.54, 1.807) is 0 Å². The van der Waals surface area contributed by atoms with Gasteiger partial charge in [0.05, 0.1) is 0 Å². The first kappa shape index (κ1) is 19.0. The van der Waals surface area contributed by atoms with E-state index in [1.165, 1.54) is 0 Å². The molecule has 0 saturated heterocycles. The molecule has 0 atom stereocenters. The van der Waals surface area contributed by atoms with Gasteiger partial charge in [-0.1, -0.05) is 111 Å². The molecule has 0 bridgehead atoms. The minimum absolute atomic E-state index is 0.250. The van der Waals surface area contributed by atoms with Crippen LogP contribution in [0.4, 0.5) is 0 Å². The lowest BCUT2D eigenvalue weighted by Gasteiger charge is -2.43. The van der Waals surface area contributed by atoms with E-state index < -0.39 is 23.6 Å². The van der Waals surface area contributed by atoms with Gasteiger partial charge in [-0.25, -0.2) is 15.0 Å². The Morgan fingerprint density at radius 2 is 1.05 bits per heavy atom. The van der Waals surface area contributed by atoms with Crippen molar-refractivity contribution in [3.63, 3.8) is 0 Å². The van der Waals surface area contributed by atoms with Gasteiger partial charge in [0.25, 0.3) is 0 Å². The molecule has 1 heterocycles. The summed E-state index contributed by atoms with van der Waals surface area (Å²) in [6.45, 7) is 3.93. The van der Waals surface area contributed by atoms with Gasteiger partial charge in [-0.2, -0.15) is 0 Å². The van der Waals surface area contributed by atoms with Crippen molar-refractivity contribution in [3.05, 3.63) is 114 Å². The summed E-state index contributed by atoms with van der Waals surface area (Å²) in [5, 5.41) is 0. The molecule has 1 saturated carbocycles. The van der Waals surface area contributed by atoms with E-state index in [1.807, 2.05) is 117 Å². The van der Waals surface area contributed by atoms with Crippen LogP contribution in [0.25, 0.3) is 45.3 Å². The highest BCUT2D eigenvalue weighted by Crippen LogP contribution is 2.58. The molecule has 1 spiro atoms. The van der Waals surface area contributed by atoms with Crippen molar-refractivity contribution in [2.24, 2.45) is 5.41 Å². The van der Waals surface area contributed by atoms with E-state index in [4.69, 9.17) is 15.0 Å². The Hall–Kier alpha value is -4.11. The molecule has 5 aromatic rings. The fourth-order valence-electron chi connectivity index (χ4n) is 5.61. The Kier molecular flexibility index (Phi) is 4.37. The molecule has 186 valence electrons. The maximum Gasteiger partial charge on any atom is 0.164 e. The summed E-state index contributed by atoms with van der Waals surface area (Å²) < 4.78 is 38.0. The third kappa shape index (κ3) is 3.77. The first-order chi connectivity index (χ1) is 20.0. The zero-order valence-corrected chi connectivity index (χ0v) is 21.6. The van der Waals surface area contributed by atoms with E-state index in [9.17, 15) is 5.48 Å². The lowest BCUT2D eigenvalue weighted by atomic mass is 9.61. The smallest absolute Gasteiger partial charge is 0.164 e. The number of benzene rings is 4. The lowest BCUT2D eigenvalue weighted by Crippen LogP contribution is -2.34. The normalized spacial score (nSPS) is 20.9. The third-order valence-corrected chi connectivity index (χ3v) is 7.67. The van der Waals surface area contributed by atoms with Crippen LogP contribution >= 0.6 is 0 Å². The van der Waals surface area contributed by atoms with Crippen LogP contribution in [0.1, 0.15) is 56.0 Å². The number of fused-ring (bicyclic) bond motifs is 5. The SMILES string of the molecule is [2H]C1([2H])CC(C)(C)CC([2H])([2H])C12c1ccccc1-c1ccc(-c3nc(-c4ccccc4)nc(-c4ccccc4)n3)cc12. The molecule has 2 aliphatic carbocycles. The van der Waals surface area contributed by atoms with Gasteiger partial charge in [-0.15, -0.1) is 0 Å². The molecule has 0 aliphatic heterocycles. The van der Waals surface area contributed by atoms with Crippen LogP contribution in [0.15, 0.2) is 103 Å². The highest BCUT2D eigenvalue weighted by Gasteiger charge is 2.46. The third-order valence-electron chi connectivity index (χ3n) is 7.67. The summed E-state index contributed by atoms with van der Waals surface area (Å²) >= 11 is 0. The Balaban J connectivity index is 1.48. The van der Waals surface area contributed by atoms with Crippen LogP contribution in [0, 0.1) is 5.41 Å². The fraction of sp³-hybridized carbons (Fsp3) is 0.229. The summed E-state index contributed by atoms with van der Waals surface area (Å²) in [6, 6.07) is 33.2. The molecule has 0 radical (unpaired) electrons. The molecule has 3 nitrogen and oxygen atoms in total. The van der Waals surface area contributed by atoms with Gasteiger partial charge in [0.15, 0.2) is 17.5 Å². The van der Waals surface area contributed by atoms with Gasteiger partial charge in [-0.05, 0) is 59.3 Å². The second kappa shape index (κ2) is 8.73. The van der Waals surface area contributed by atoms with Crippen LogP contribution in [0.3, 0.4) is 0 Å². The molecule has 1 fully saturated rings. The summed E-state index contributed by atoms with van der Waals surface area (Å²) in [5.41, 5.74) is 3.60. The van der Waals surface area contributed by atoms with E-state index in [0.717, 1.165) is 22.3 Å². The Morgan fingerprint density at radius 3 is 1.66 bits per heavy atom. The van der Waals surface area contributed by atoms with Crippen molar-refractivity contribution in [1.29, 1.82) is 0 Å². The van der Waals surface area contributed by atoms with Gasteiger partial charge in [0.1, 0.15) is 0 Å². The van der Waals surface area contributed by atoms with E-state index in [-0.39, 0.29) is 12.8 Å². The van der Waals surface area contributed by atoms with E-state index >= 15 is 0 Å². The van der Waals surface area contributed by atoms with E-state index in [0.29, 0.717) is 34.2 Å². The average Bonchev–Trinajstić information content (AvgIpc) is 3.28. The van der Waals surface area contributed by atoms with Gasteiger partial charge in [-0.3, -0.25) is 0 Å². The van der Waals surface area contributed by atoms with Crippen LogP contribution in [0.5, 0.6) is 0 Å². The zero-order chi connectivity index (χ0) is 29.3. The van der Waals surface area contributed by atoms with Crippen molar-refractivity contribution in [2.45, 2.75) is 44.8 Å². The number of aromatic nitrogens is 3. The maximum atomic E-state index is 9.50. The summed E-state index contributed by atoms with van der Waals surface area (Å²) in [5.74, 6) is 1.56. The topological polar surface area (TPSA) is 38.7 Å². The molecular weight excluding hydrogens is 462 g/mol. The van der Waals surface area contributed by atoms with Crippen LogP contribution in [-0.4, -0.2) is 15.0 Å².